The maximum atomic E-state index is 5.83. The molecule has 12 heavy (non-hydrogen) atoms. The zero-order valence-electron chi connectivity index (χ0n) is 7.54. The minimum absolute atomic E-state index is 0.822. The first-order valence-corrected chi connectivity index (χ1v) is 4.12. The minimum Gasteiger partial charge on any atom is -0.398 e. The molecule has 0 spiro atoms. The molecule has 0 unspecified atom stereocenters. The number of pyridine rings is 1. The Morgan fingerprint density at radius 3 is 3.00 bits per heavy atom. The van der Waals surface area contributed by atoms with Crippen LogP contribution in [0.1, 0.15) is 24.5 Å². The smallest absolute Gasteiger partial charge is 0.0365 e. The molecule has 0 fully saturated rings. The summed E-state index contributed by atoms with van der Waals surface area (Å²) in [6, 6.07) is 1.96. The van der Waals surface area contributed by atoms with Gasteiger partial charge in [0.25, 0.3) is 0 Å². The lowest BCUT2D eigenvalue weighted by Gasteiger charge is -2.03. The number of hydrogen-bond acceptors (Lipinski definition) is 2. The van der Waals surface area contributed by atoms with E-state index >= 15 is 0 Å². The molecule has 0 radical (unpaired) electrons. The lowest BCUT2D eigenvalue weighted by atomic mass is 10.1. The number of nitrogens with zero attached hydrogens (tertiary/aromatic N) is 1. The summed E-state index contributed by atoms with van der Waals surface area (Å²) < 4.78 is 0. The third kappa shape index (κ3) is 1.84. The zero-order chi connectivity index (χ0) is 8.97. The van der Waals surface area contributed by atoms with E-state index in [4.69, 9.17) is 5.73 Å². The van der Waals surface area contributed by atoms with Crippen molar-refractivity contribution < 1.29 is 0 Å². The highest BCUT2D eigenvalue weighted by Gasteiger charge is 1.98. The fraction of sp³-hybridized carbons (Fsp3) is 0.300. The summed E-state index contributed by atoms with van der Waals surface area (Å²) in [4.78, 5) is 4.03. The molecule has 1 heterocycles. The Hall–Kier alpha value is -1.31. The second kappa shape index (κ2) is 3.90. The average Bonchev–Trinajstić information content (AvgIpc) is 2.05. The van der Waals surface area contributed by atoms with E-state index in [2.05, 4.69) is 11.9 Å². The van der Waals surface area contributed by atoms with E-state index in [9.17, 15) is 0 Å². The summed E-state index contributed by atoms with van der Waals surface area (Å²) in [5.74, 6) is 0. The van der Waals surface area contributed by atoms with Crippen molar-refractivity contribution in [2.45, 2.75) is 20.3 Å². The molecule has 0 bridgehead atoms. The molecule has 0 aromatic carbocycles. The van der Waals surface area contributed by atoms with Crippen LogP contribution in [0, 0.1) is 6.92 Å². The van der Waals surface area contributed by atoms with Crippen molar-refractivity contribution >= 4 is 5.70 Å². The molecule has 0 amide bonds. The topological polar surface area (TPSA) is 38.9 Å². The van der Waals surface area contributed by atoms with Crippen LogP contribution < -0.4 is 5.73 Å². The predicted octanol–water partition coefficient (Wildman–Crippen LogP) is 2.10. The maximum Gasteiger partial charge on any atom is 0.0365 e. The monoisotopic (exact) mass is 162 g/mol. The van der Waals surface area contributed by atoms with Gasteiger partial charge in [-0.15, -0.1) is 0 Å². The van der Waals surface area contributed by atoms with Crippen LogP contribution in [-0.2, 0) is 0 Å². The molecule has 0 aliphatic heterocycles. The average molecular weight is 162 g/mol. The largest absolute Gasteiger partial charge is 0.398 e. The molecule has 0 saturated heterocycles. The first-order valence-electron chi connectivity index (χ1n) is 4.12. The van der Waals surface area contributed by atoms with E-state index in [1.54, 1.807) is 12.4 Å². The van der Waals surface area contributed by atoms with Gasteiger partial charge in [0.1, 0.15) is 0 Å². The van der Waals surface area contributed by atoms with Gasteiger partial charge in [-0.1, -0.05) is 13.0 Å². The van der Waals surface area contributed by atoms with Gasteiger partial charge in [0, 0.05) is 23.7 Å². The highest BCUT2D eigenvalue weighted by atomic mass is 14.6. The summed E-state index contributed by atoms with van der Waals surface area (Å²) in [6.07, 6.45) is 6.54. The normalized spacial score (nSPS) is 11.7. The van der Waals surface area contributed by atoms with Crippen molar-refractivity contribution in [1.82, 2.24) is 4.98 Å². The van der Waals surface area contributed by atoms with Gasteiger partial charge < -0.3 is 5.73 Å². The summed E-state index contributed by atoms with van der Waals surface area (Å²) in [5.41, 5.74) is 8.86. The van der Waals surface area contributed by atoms with E-state index in [-0.39, 0.29) is 0 Å². The number of aromatic nitrogens is 1. The highest BCUT2D eigenvalue weighted by molar-refractivity contribution is 5.64. The molecular weight excluding hydrogens is 148 g/mol. The van der Waals surface area contributed by atoms with Gasteiger partial charge in [0.15, 0.2) is 0 Å². The van der Waals surface area contributed by atoms with Gasteiger partial charge in [-0.2, -0.15) is 0 Å². The number of nitrogens with two attached hydrogens (primary N) is 1. The van der Waals surface area contributed by atoms with Crippen molar-refractivity contribution in [3.8, 4) is 0 Å². The Balaban J connectivity index is 3.02. The molecule has 64 valence electrons. The van der Waals surface area contributed by atoms with Gasteiger partial charge in [-0.05, 0) is 25.0 Å². The molecule has 0 aliphatic carbocycles. The fourth-order valence-electron chi connectivity index (χ4n) is 1.10. The molecule has 2 N–H and O–H groups in total. The molecule has 0 saturated carbocycles. The van der Waals surface area contributed by atoms with Gasteiger partial charge in [-0.25, -0.2) is 0 Å². The summed E-state index contributed by atoms with van der Waals surface area (Å²) in [6.45, 7) is 4.10. The molecule has 0 aliphatic rings. The number of rotatable bonds is 2. The zero-order valence-corrected chi connectivity index (χ0v) is 7.54. The summed E-state index contributed by atoms with van der Waals surface area (Å²) >= 11 is 0. The Morgan fingerprint density at radius 1 is 1.67 bits per heavy atom. The third-order valence-electron chi connectivity index (χ3n) is 1.77. The second-order valence-corrected chi connectivity index (χ2v) is 2.76. The van der Waals surface area contributed by atoms with Crippen LogP contribution >= 0.6 is 0 Å². The number of hydrogen-bond donors (Lipinski definition) is 1. The summed E-state index contributed by atoms with van der Waals surface area (Å²) in [5, 5.41) is 0. The molecular formula is C10H14N2. The SMILES string of the molecule is CC/C=C(\N)c1cnccc1C. The van der Waals surface area contributed by atoms with Gasteiger partial charge in [-0.3, -0.25) is 4.98 Å². The molecule has 2 heteroatoms. The molecule has 1 aromatic rings. The lowest BCUT2D eigenvalue weighted by Crippen LogP contribution is -1.98. The van der Waals surface area contributed by atoms with Gasteiger partial charge in [0.05, 0.1) is 0 Å². The van der Waals surface area contributed by atoms with Crippen molar-refractivity contribution in [2.75, 3.05) is 0 Å². The fourth-order valence-corrected chi connectivity index (χ4v) is 1.10. The predicted molar refractivity (Wildman–Crippen MR) is 51.4 cm³/mol. The molecule has 2 nitrogen and oxygen atoms in total. The van der Waals surface area contributed by atoms with E-state index < -0.39 is 0 Å². The van der Waals surface area contributed by atoms with Crippen LogP contribution in [0.5, 0.6) is 0 Å². The highest BCUT2D eigenvalue weighted by Crippen LogP contribution is 2.12. The Labute approximate surface area is 73.1 Å². The summed E-state index contributed by atoms with van der Waals surface area (Å²) in [7, 11) is 0. The van der Waals surface area contributed by atoms with E-state index in [0.29, 0.717) is 0 Å². The Bertz CT molecular complexity index is 290. The van der Waals surface area contributed by atoms with Crippen molar-refractivity contribution in [1.29, 1.82) is 0 Å². The minimum atomic E-state index is 0.822. The molecule has 0 atom stereocenters. The van der Waals surface area contributed by atoms with Gasteiger partial charge in [0.2, 0.25) is 0 Å². The molecule has 1 rings (SSSR count). The van der Waals surface area contributed by atoms with Crippen LogP contribution in [0.4, 0.5) is 0 Å². The van der Waals surface area contributed by atoms with Crippen molar-refractivity contribution in [3.05, 3.63) is 35.7 Å². The lowest BCUT2D eigenvalue weighted by molar-refractivity contribution is 1.20. The number of allylic oxidation sites excluding steroid dienone is 1. The van der Waals surface area contributed by atoms with E-state index in [0.717, 1.165) is 17.7 Å². The Kier molecular flexibility index (Phi) is 2.86. The maximum absolute atomic E-state index is 5.83. The van der Waals surface area contributed by atoms with Crippen LogP contribution in [0.2, 0.25) is 0 Å². The third-order valence-corrected chi connectivity index (χ3v) is 1.77. The van der Waals surface area contributed by atoms with Gasteiger partial charge >= 0.3 is 0 Å². The Morgan fingerprint density at radius 2 is 2.42 bits per heavy atom. The standard InChI is InChI=1S/C10H14N2/c1-3-4-10(11)9-7-12-6-5-8(9)2/h4-7H,3,11H2,1-2H3/b10-4-. The van der Waals surface area contributed by atoms with E-state index in [1.165, 1.54) is 5.56 Å². The van der Waals surface area contributed by atoms with E-state index in [1.807, 2.05) is 19.1 Å². The van der Waals surface area contributed by atoms with Crippen LogP contribution in [0.3, 0.4) is 0 Å². The number of aryl methyl sites for hydroxylation is 1. The quantitative estimate of drug-likeness (QED) is 0.723. The second-order valence-electron chi connectivity index (χ2n) is 2.76. The van der Waals surface area contributed by atoms with Crippen molar-refractivity contribution in [2.24, 2.45) is 5.73 Å². The first-order chi connectivity index (χ1) is 5.75. The van der Waals surface area contributed by atoms with Crippen LogP contribution in [-0.4, -0.2) is 4.98 Å². The molecule has 1 aromatic heterocycles. The first kappa shape index (κ1) is 8.78. The van der Waals surface area contributed by atoms with Crippen molar-refractivity contribution in [3.63, 3.8) is 0 Å². The van der Waals surface area contributed by atoms with Crippen LogP contribution in [0.25, 0.3) is 5.70 Å². The van der Waals surface area contributed by atoms with Crippen LogP contribution in [0.15, 0.2) is 24.5 Å².